The van der Waals surface area contributed by atoms with Gasteiger partial charge in [-0.25, -0.2) is 0 Å². The average Bonchev–Trinajstić information content (AvgIpc) is 3.61. The number of hydrazine groups is 1. The second kappa shape index (κ2) is 14.1. The van der Waals surface area contributed by atoms with Crippen LogP contribution in [0.4, 0.5) is 22.7 Å². The molecule has 2 aliphatic carbocycles. The molecular weight excluding hydrogens is 784 g/mol. The van der Waals surface area contributed by atoms with E-state index in [1.165, 1.54) is 12.0 Å². The summed E-state index contributed by atoms with van der Waals surface area (Å²) < 4.78 is 5.97. The third kappa shape index (κ3) is 5.74. The summed E-state index contributed by atoms with van der Waals surface area (Å²) in [6.07, 6.45) is 2.46. The summed E-state index contributed by atoms with van der Waals surface area (Å²) in [5, 5.41) is 15.4. The summed E-state index contributed by atoms with van der Waals surface area (Å²) in [6, 6.07) is 37.2. The minimum absolute atomic E-state index is 0.106. The van der Waals surface area contributed by atoms with Crippen LogP contribution in [0.5, 0.6) is 11.5 Å². The number of imide groups is 2. The Hall–Kier alpha value is -6.20. The number of para-hydroxylation sites is 1. The van der Waals surface area contributed by atoms with E-state index in [4.69, 9.17) is 4.74 Å². The van der Waals surface area contributed by atoms with Crippen molar-refractivity contribution in [3.63, 3.8) is 0 Å². The number of carbonyl (C=O) groups excluding carboxylic acids is 4. The Balaban J connectivity index is 1.17. The number of nitrogens with zero attached hydrogens (tertiary/aromatic N) is 2. The van der Waals surface area contributed by atoms with Crippen molar-refractivity contribution in [3.05, 3.63) is 154 Å². The van der Waals surface area contributed by atoms with E-state index in [0.717, 1.165) is 27.5 Å². The first kappa shape index (κ1) is 36.4. The number of hydrogen-bond donors (Lipinski definition) is 3. The van der Waals surface area contributed by atoms with Crippen LogP contribution in [0.2, 0.25) is 0 Å². The number of phenolic OH excluding ortho intramolecular Hbond substituents is 1. The number of allylic oxidation sites excluding steroid dienone is 2. The van der Waals surface area contributed by atoms with Crippen LogP contribution in [-0.2, 0) is 24.6 Å². The fraction of sp³-hybridized carbons (Fsp3) is 0.217. The molecule has 0 spiro atoms. The predicted octanol–water partition coefficient (Wildman–Crippen LogP) is 8.40. The quantitative estimate of drug-likeness (QED) is 0.105. The van der Waals surface area contributed by atoms with Crippen LogP contribution >= 0.6 is 15.9 Å². The number of phenols is 1. The molecule has 0 aromatic heterocycles. The Bertz CT molecular complexity index is 2460. The summed E-state index contributed by atoms with van der Waals surface area (Å²) in [5.74, 6) is -5.05. The van der Waals surface area contributed by atoms with Gasteiger partial charge in [0.25, 0.3) is 11.8 Å². The number of halogens is 1. The van der Waals surface area contributed by atoms with E-state index in [2.05, 4.69) is 26.7 Å². The smallest absolute Gasteiger partial charge is 0.260 e. The highest BCUT2D eigenvalue weighted by Gasteiger charge is 2.70. The number of benzene rings is 5. The van der Waals surface area contributed by atoms with Crippen molar-refractivity contribution >= 4 is 62.3 Å². The molecular formula is C46H39BrN4O6. The number of aryl methyl sites for hydroxylation is 1. The Morgan fingerprint density at radius 1 is 0.772 bits per heavy atom. The molecule has 3 N–H and O–H groups in total. The molecule has 4 amide bonds. The van der Waals surface area contributed by atoms with Gasteiger partial charge in [-0.3, -0.25) is 29.5 Å². The number of methoxy groups -OCH3 is 1. The number of fused-ring (bicyclic) bond motifs is 4. The lowest BCUT2D eigenvalue weighted by atomic mass is 9.49. The number of hydrogen-bond acceptors (Lipinski definition) is 8. The molecule has 10 nitrogen and oxygen atoms in total. The summed E-state index contributed by atoms with van der Waals surface area (Å²) >= 11 is 3.51. The molecule has 0 radical (unpaired) electrons. The first-order chi connectivity index (χ1) is 27.6. The summed E-state index contributed by atoms with van der Waals surface area (Å²) in [7, 11) is 1.45. The van der Waals surface area contributed by atoms with E-state index in [0.29, 0.717) is 27.0 Å². The lowest BCUT2D eigenvalue weighted by Crippen LogP contribution is -2.53. The Morgan fingerprint density at radius 2 is 1.42 bits per heavy atom. The molecule has 6 unspecified atom stereocenters. The van der Waals surface area contributed by atoms with Gasteiger partial charge in [0.2, 0.25) is 11.8 Å². The number of nitrogens with one attached hydrogen (secondary N) is 2. The highest BCUT2D eigenvalue weighted by Crippen LogP contribution is 2.64. The highest BCUT2D eigenvalue weighted by atomic mass is 79.9. The lowest BCUT2D eigenvalue weighted by Gasteiger charge is -2.50. The van der Waals surface area contributed by atoms with Gasteiger partial charge in [0.15, 0.2) is 11.5 Å². The van der Waals surface area contributed by atoms with Crippen molar-refractivity contribution in [2.24, 2.45) is 23.7 Å². The minimum atomic E-state index is -1.46. The standard InChI is InChI=1S/C46H39BrN4O6/c1-26-13-15-31(16-14-26)49-51-43(54)36-25-35-33(40(27-23-37(47)41(52)38(24-27)57-2)46(36,45(51)56)28-9-5-3-6-10-28)21-22-34-39(35)44(55)50(42(34)53)32-19-17-30(18-20-32)48-29-11-7-4-8-12-29/h3-21,23-24,34-36,39-40,48-49,52H,22,25H2,1-2H3. The number of ether oxygens (including phenoxy) is 1. The van der Waals surface area contributed by atoms with Crippen molar-refractivity contribution in [1.29, 1.82) is 0 Å². The third-order valence-corrected chi connectivity index (χ3v) is 12.8. The van der Waals surface area contributed by atoms with Crippen molar-refractivity contribution in [1.82, 2.24) is 5.01 Å². The Morgan fingerprint density at radius 3 is 2.11 bits per heavy atom. The summed E-state index contributed by atoms with van der Waals surface area (Å²) in [4.78, 5) is 60.7. The van der Waals surface area contributed by atoms with Gasteiger partial charge >= 0.3 is 0 Å². The van der Waals surface area contributed by atoms with Crippen LogP contribution in [0.1, 0.15) is 35.4 Å². The van der Waals surface area contributed by atoms with Crippen LogP contribution in [0.25, 0.3) is 0 Å². The van der Waals surface area contributed by atoms with Crippen LogP contribution in [0.15, 0.2) is 137 Å². The molecule has 6 atom stereocenters. The maximum atomic E-state index is 15.4. The molecule has 5 aromatic rings. The van der Waals surface area contributed by atoms with Crippen molar-refractivity contribution in [2.75, 3.05) is 22.8 Å². The van der Waals surface area contributed by atoms with Crippen molar-refractivity contribution < 1.29 is 29.0 Å². The predicted molar refractivity (Wildman–Crippen MR) is 220 cm³/mol. The van der Waals surface area contributed by atoms with Gasteiger partial charge in [0.1, 0.15) is 0 Å². The summed E-state index contributed by atoms with van der Waals surface area (Å²) in [5.41, 5.74) is 7.53. The molecule has 2 saturated heterocycles. The molecule has 0 bridgehead atoms. The van der Waals surface area contributed by atoms with Gasteiger partial charge in [-0.15, -0.1) is 0 Å². The molecule has 1 saturated carbocycles. The molecule has 2 aliphatic heterocycles. The van der Waals surface area contributed by atoms with E-state index in [9.17, 15) is 19.5 Å². The van der Waals surface area contributed by atoms with Gasteiger partial charge < -0.3 is 15.2 Å². The molecule has 57 heavy (non-hydrogen) atoms. The largest absolute Gasteiger partial charge is 0.503 e. The molecule has 9 rings (SSSR count). The maximum absolute atomic E-state index is 15.4. The topological polar surface area (TPSA) is 128 Å². The molecule has 286 valence electrons. The third-order valence-electron chi connectivity index (χ3n) is 12.2. The van der Waals surface area contributed by atoms with Gasteiger partial charge in [-0.05, 0) is 113 Å². The maximum Gasteiger partial charge on any atom is 0.260 e. The second-order valence-electron chi connectivity index (χ2n) is 15.2. The van der Waals surface area contributed by atoms with Crippen LogP contribution in [0.3, 0.4) is 0 Å². The second-order valence-corrected chi connectivity index (χ2v) is 16.0. The number of aromatic hydroxyl groups is 1. The molecule has 5 aromatic carbocycles. The minimum Gasteiger partial charge on any atom is -0.503 e. The molecule has 2 heterocycles. The van der Waals surface area contributed by atoms with Crippen LogP contribution in [0, 0.1) is 30.6 Å². The Kier molecular flexibility index (Phi) is 9.00. The van der Waals surface area contributed by atoms with E-state index < -0.39 is 46.8 Å². The van der Waals surface area contributed by atoms with E-state index in [1.54, 1.807) is 24.3 Å². The number of carbonyl (C=O) groups is 4. The van der Waals surface area contributed by atoms with Gasteiger partial charge in [-0.2, -0.15) is 5.01 Å². The van der Waals surface area contributed by atoms with Crippen molar-refractivity contribution in [3.8, 4) is 11.5 Å². The molecule has 4 aliphatic rings. The first-order valence-corrected chi connectivity index (χ1v) is 19.7. The Labute approximate surface area is 338 Å². The van der Waals surface area contributed by atoms with Crippen molar-refractivity contribution in [2.45, 2.75) is 31.1 Å². The van der Waals surface area contributed by atoms with Gasteiger partial charge in [0.05, 0.1) is 46.1 Å². The normalized spacial score (nSPS) is 25.1. The first-order valence-electron chi connectivity index (χ1n) is 18.9. The number of anilines is 4. The zero-order valence-electron chi connectivity index (χ0n) is 31.2. The number of rotatable bonds is 8. The fourth-order valence-corrected chi connectivity index (χ4v) is 10.1. The van der Waals surface area contributed by atoms with E-state index >= 15 is 4.79 Å². The van der Waals surface area contributed by atoms with Crippen LogP contribution in [-0.4, -0.2) is 40.9 Å². The lowest BCUT2D eigenvalue weighted by molar-refractivity contribution is -0.138. The zero-order valence-corrected chi connectivity index (χ0v) is 32.8. The van der Waals surface area contributed by atoms with Gasteiger partial charge in [0, 0.05) is 17.3 Å². The monoisotopic (exact) mass is 822 g/mol. The SMILES string of the molecule is COc1cc(C2C3=CCC4C(=O)N(c5ccc(Nc6ccccc6)cc5)C(=O)C4C3CC3C(=O)N(Nc4ccc(C)cc4)C(=O)C32c2ccccc2)cc(Br)c1O. The van der Waals surface area contributed by atoms with E-state index in [1.807, 2.05) is 110 Å². The molecule has 11 heteroatoms. The fourth-order valence-electron chi connectivity index (χ4n) is 9.67. The van der Waals surface area contributed by atoms with E-state index in [-0.39, 0.29) is 36.2 Å². The summed E-state index contributed by atoms with van der Waals surface area (Å²) in [6.45, 7) is 1.96. The van der Waals surface area contributed by atoms with Gasteiger partial charge in [-0.1, -0.05) is 77.9 Å². The number of amides is 4. The van der Waals surface area contributed by atoms with Crippen LogP contribution < -0.4 is 20.4 Å². The average molecular weight is 824 g/mol. The molecule has 3 fully saturated rings. The zero-order chi connectivity index (χ0) is 39.6. The highest BCUT2D eigenvalue weighted by molar-refractivity contribution is 9.10.